The monoisotopic (exact) mass is 516 g/mol. The first-order chi connectivity index (χ1) is 17.4. The van der Waals surface area contributed by atoms with Gasteiger partial charge in [-0.05, 0) is 81.7 Å². The number of aromatic nitrogens is 1. The Kier molecular flexibility index (Phi) is 6.89. The Morgan fingerprint density at radius 1 is 1.03 bits per heavy atom. The van der Waals surface area contributed by atoms with Gasteiger partial charge in [0.25, 0.3) is 11.8 Å². The van der Waals surface area contributed by atoms with E-state index in [1.807, 2.05) is 62.5 Å². The SMILES string of the molecule is Cc1ccc(NC(=O)c2c(-n3c(C)cc(/C=N/NC(=O)c4cccs4)c3C)sc3c2CCCC3)cc1. The van der Waals surface area contributed by atoms with Crippen molar-refractivity contribution in [1.29, 1.82) is 0 Å². The Balaban J connectivity index is 1.48. The van der Waals surface area contributed by atoms with Gasteiger partial charge in [0.2, 0.25) is 0 Å². The minimum absolute atomic E-state index is 0.0702. The quantitative estimate of drug-likeness (QED) is 0.229. The van der Waals surface area contributed by atoms with E-state index in [-0.39, 0.29) is 11.8 Å². The summed E-state index contributed by atoms with van der Waals surface area (Å²) < 4.78 is 2.15. The Morgan fingerprint density at radius 2 is 1.81 bits per heavy atom. The molecule has 2 N–H and O–H groups in total. The van der Waals surface area contributed by atoms with Gasteiger partial charge in [-0.2, -0.15) is 5.10 Å². The van der Waals surface area contributed by atoms with Crippen LogP contribution in [0, 0.1) is 20.8 Å². The predicted molar refractivity (Wildman–Crippen MR) is 148 cm³/mol. The van der Waals surface area contributed by atoms with Gasteiger partial charge in [0, 0.05) is 27.5 Å². The molecular weight excluding hydrogens is 488 g/mol. The van der Waals surface area contributed by atoms with Gasteiger partial charge in [0.1, 0.15) is 5.00 Å². The van der Waals surface area contributed by atoms with Gasteiger partial charge in [0.05, 0.1) is 16.7 Å². The van der Waals surface area contributed by atoms with Crippen LogP contribution in [0.1, 0.15) is 65.8 Å². The average molecular weight is 517 g/mol. The molecule has 1 aliphatic carbocycles. The van der Waals surface area contributed by atoms with Crippen molar-refractivity contribution in [3.8, 4) is 5.00 Å². The van der Waals surface area contributed by atoms with E-state index >= 15 is 0 Å². The standard InChI is InChI=1S/C28H28N4O2S2/c1-17-10-12-21(13-11-17)30-27(34)25-22-7-4-5-8-23(22)36-28(25)32-18(2)15-20(19(32)3)16-29-31-26(33)24-9-6-14-35-24/h6,9-16H,4-5,7-8H2,1-3H3,(H,30,34)(H,31,33)/b29-16+. The first kappa shape index (κ1) is 24.2. The number of aryl methyl sites for hydroxylation is 3. The third kappa shape index (κ3) is 4.79. The molecule has 0 fully saturated rings. The molecule has 3 aromatic heterocycles. The summed E-state index contributed by atoms with van der Waals surface area (Å²) in [6.07, 6.45) is 5.85. The highest BCUT2D eigenvalue weighted by Gasteiger charge is 2.28. The van der Waals surface area contributed by atoms with Gasteiger partial charge in [-0.1, -0.05) is 23.8 Å². The largest absolute Gasteiger partial charge is 0.322 e. The number of fused-ring (bicyclic) bond motifs is 1. The van der Waals surface area contributed by atoms with Crippen molar-refractivity contribution < 1.29 is 9.59 Å². The van der Waals surface area contributed by atoms with Crippen molar-refractivity contribution in [2.75, 3.05) is 5.32 Å². The number of carbonyl (C=O) groups is 2. The van der Waals surface area contributed by atoms with Crippen molar-refractivity contribution in [2.24, 2.45) is 5.10 Å². The van der Waals surface area contributed by atoms with E-state index in [4.69, 9.17) is 0 Å². The fraction of sp³-hybridized carbons (Fsp3) is 0.250. The minimum Gasteiger partial charge on any atom is -0.322 e. The maximum Gasteiger partial charge on any atom is 0.281 e. The molecule has 2 amide bonds. The number of hydrogen-bond acceptors (Lipinski definition) is 5. The summed E-state index contributed by atoms with van der Waals surface area (Å²) in [6, 6.07) is 13.5. The summed E-state index contributed by atoms with van der Waals surface area (Å²) in [7, 11) is 0. The zero-order valence-corrected chi connectivity index (χ0v) is 22.2. The number of rotatable bonds is 6. The maximum atomic E-state index is 13.6. The van der Waals surface area contributed by atoms with Gasteiger partial charge in [-0.25, -0.2) is 5.43 Å². The molecule has 0 atom stereocenters. The van der Waals surface area contributed by atoms with Crippen LogP contribution in [0.5, 0.6) is 0 Å². The van der Waals surface area contributed by atoms with Gasteiger partial charge in [0.15, 0.2) is 0 Å². The lowest BCUT2D eigenvalue weighted by Gasteiger charge is -2.14. The topological polar surface area (TPSA) is 75.5 Å². The highest BCUT2D eigenvalue weighted by molar-refractivity contribution is 7.15. The molecule has 5 rings (SSSR count). The number of nitrogens with zero attached hydrogens (tertiary/aromatic N) is 2. The molecule has 36 heavy (non-hydrogen) atoms. The van der Waals surface area contributed by atoms with Gasteiger partial charge < -0.3 is 9.88 Å². The summed E-state index contributed by atoms with van der Waals surface area (Å²) in [6.45, 7) is 6.09. The van der Waals surface area contributed by atoms with E-state index in [1.165, 1.54) is 21.8 Å². The lowest BCUT2D eigenvalue weighted by atomic mass is 9.95. The average Bonchev–Trinajstić information content (AvgIpc) is 3.58. The van der Waals surface area contributed by atoms with Crippen LogP contribution in [0.3, 0.4) is 0 Å². The van der Waals surface area contributed by atoms with E-state index in [0.717, 1.165) is 64.4 Å². The molecule has 1 aromatic carbocycles. The van der Waals surface area contributed by atoms with Crippen molar-refractivity contribution in [1.82, 2.24) is 9.99 Å². The van der Waals surface area contributed by atoms with Gasteiger partial charge in [-0.15, -0.1) is 22.7 Å². The van der Waals surface area contributed by atoms with Crippen LogP contribution in [0.2, 0.25) is 0 Å². The highest BCUT2D eigenvalue weighted by atomic mass is 32.1. The molecule has 0 aliphatic heterocycles. The lowest BCUT2D eigenvalue weighted by Crippen LogP contribution is -2.17. The number of benzene rings is 1. The number of amides is 2. The predicted octanol–water partition coefficient (Wildman–Crippen LogP) is 6.42. The Morgan fingerprint density at radius 3 is 2.56 bits per heavy atom. The number of thiophene rings is 2. The fourth-order valence-electron chi connectivity index (χ4n) is 4.63. The normalized spacial score (nSPS) is 13.1. The van der Waals surface area contributed by atoms with E-state index in [1.54, 1.807) is 23.6 Å². The number of nitrogens with one attached hydrogen (secondary N) is 2. The summed E-state index contributed by atoms with van der Waals surface area (Å²) in [4.78, 5) is 27.8. The maximum absolute atomic E-state index is 13.6. The summed E-state index contributed by atoms with van der Waals surface area (Å²) in [5.74, 6) is -0.296. The van der Waals surface area contributed by atoms with Crippen LogP contribution in [0.4, 0.5) is 5.69 Å². The number of hydrazone groups is 1. The zero-order valence-electron chi connectivity index (χ0n) is 20.6. The second-order valence-corrected chi connectivity index (χ2v) is 11.1. The molecule has 0 radical (unpaired) electrons. The minimum atomic E-state index is -0.226. The zero-order chi connectivity index (χ0) is 25.2. The van der Waals surface area contributed by atoms with Crippen molar-refractivity contribution >= 4 is 46.4 Å². The van der Waals surface area contributed by atoms with Crippen molar-refractivity contribution in [3.63, 3.8) is 0 Å². The first-order valence-electron chi connectivity index (χ1n) is 12.0. The van der Waals surface area contributed by atoms with Crippen LogP contribution < -0.4 is 10.7 Å². The molecule has 0 bridgehead atoms. The van der Waals surface area contributed by atoms with E-state index < -0.39 is 0 Å². The highest BCUT2D eigenvalue weighted by Crippen LogP contribution is 2.39. The molecule has 8 heteroatoms. The second-order valence-electron chi connectivity index (χ2n) is 9.05. The van der Waals surface area contributed by atoms with E-state index in [9.17, 15) is 9.59 Å². The molecule has 4 aromatic rings. The van der Waals surface area contributed by atoms with Gasteiger partial charge >= 0.3 is 0 Å². The fourth-order valence-corrected chi connectivity index (χ4v) is 6.74. The molecular formula is C28H28N4O2S2. The number of anilines is 1. The molecule has 3 heterocycles. The molecule has 184 valence electrons. The Bertz CT molecular complexity index is 1440. The third-order valence-electron chi connectivity index (χ3n) is 6.48. The third-order valence-corrected chi connectivity index (χ3v) is 8.62. The summed E-state index contributed by atoms with van der Waals surface area (Å²) in [5, 5.41) is 10.1. The Hall–Kier alpha value is -3.49. The number of hydrogen-bond donors (Lipinski definition) is 2. The molecule has 6 nitrogen and oxygen atoms in total. The van der Waals surface area contributed by atoms with Crippen LogP contribution in [-0.4, -0.2) is 22.6 Å². The second kappa shape index (κ2) is 10.2. The van der Waals surface area contributed by atoms with E-state index in [2.05, 4.69) is 20.4 Å². The number of carbonyl (C=O) groups excluding carboxylic acids is 2. The van der Waals surface area contributed by atoms with Gasteiger partial charge in [-0.3, -0.25) is 9.59 Å². The van der Waals surface area contributed by atoms with Crippen LogP contribution in [0.15, 0.2) is 52.9 Å². The molecule has 0 saturated heterocycles. The molecule has 0 unspecified atom stereocenters. The Labute approximate surface area is 218 Å². The van der Waals surface area contributed by atoms with Crippen molar-refractivity contribution in [3.05, 3.63) is 91.2 Å². The molecule has 1 aliphatic rings. The smallest absolute Gasteiger partial charge is 0.281 e. The van der Waals surface area contributed by atoms with Crippen molar-refractivity contribution in [2.45, 2.75) is 46.5 Å². The van der Waals surface area contributed by atoms with Crippen LogP contribution >= 0.6 is 22.7 Å². The van der Waals surface area contributed by atoms with E-state index in [0.29, 0.717) is 4.88 Å². The van der Waals surface area contributed by atoms with Crippen LogP contribution in [0.25, 0.3) is 5.00 Å². The first-order valence-corrected chi connectivity index (χ1v) is 13.7. The summed E-state index contributed by atoms with van der Waals surface area (Å²) in [5.41, 5.74) is 9.39. The van der Waals surface area contributed by atoms with Crippen LogP contribution in [-0.2, 0) is 12.8 Å². The summed E-state index contributed by atoms with van der Waals surface area (Å²) >= 11 is 3.09. The molecule has 0 spiro atoms. The molecule has 0 saturated carbocycles. The lowest BCUT2D eigenvalue weighted by molar-refractivity contribution is 0.0958.